The minimum atomic E-state index is -0.666. The minimum Gasteiger partial charge on any atom is -0.454 e. The molecule has 132 valence electrons. The van der Waals surface area contributed by atoms with Crippen molar-refractivity contribution in [3.8, 4) is 0 Å². The summed E-state index contributed by atoms with van der Waals surface area (Å²) >= 11 is 3.09. The summed E-state index contributed by atoms with van der Waals surface area (Å²) in [6.07, 6.45) is 1.10. The molecule has 2 heterocycles. The number of halogens is 1. The zero-order valence-electron chi connectivity index (χ0n) is 13.7. The van der Waals surface area contributed by atoms with Crippen LogP contribution < -0.4 is 5.32 Å². The summed E-state index contributed by atoms with van der Waals surface area (Å²) in [7, 11) is 0. The van der Waals surface area contributed by atoms with Gasteiger partial charge in [-0.15, -0.1) is 0 Å². The van der Waals surface area contributed by atoms with Gasteiger partial charge in [-0.25, -0.2) is 0 Å². The SMILES string of the molecule is C[C@H]1C[C@H](C)CN(C(=O)COC(=O)CNC(=O)c2ccc(Br)o2)C1. The zero-order valence-corrected chi connectivity index (χ0v) is 15.3. The second-order valence-corrected chi connectivity index (χ2v) is 6.97. The Morgan fingerprint density at radius 1 is 1.29 bits per heavy atom. The number of nitrogens with zero attached hydrogens (tertiary/aromatic N) is 1. The van der Waals surface area contributed by atoms with Crippen LogP contribution in [0.25, 0.3) is 0 Å². The number of esters is 1. The van der Waals surface area contributed by atoms with Crippen LogP contribution in [0, 0.1) is 11.8 Å². The molecule has 0 saturated carbocycles. The van der Waals surface area contributed by atoms with E-state index in [0.29, 0.717) is 29.6 Å². The van der Waals surface area contributed by atoms with E-state index in [1.807, 2.05) is 0 Å². The summed E-state index contributed by atoms with van der Waals surface area (Å²) in [5.41, 5.74) is 0. The number of carbonyl (C=O) groups is 3. The molecule has 0 aromatic carbocycles. The molecule has 7 nitrogen and oxygen atoms in total. The highest BCUT2D eigenvalue weighted by molar-refractivity contribution is 9.10. The molecule has 1 aliphatic heterocycles. The van der Waals surface area contributed by atoms with Crippen molar-refractivity contribution < 1.29 is 23.5 Å². The van der Waals surface area contributed by atoms with Crippen molar-refractivity contribution in [2.45, 2.75) is 20.3 Å². The van der Waals surface area contributed by atoms with E-state index < -0.39 is 11.9 Å². The molecule has 1 aliphatic rings. The maximum absolute atomic E-state index is 12.1. The molecular weight excluding hydrogens is 380 g/mol. The third-order valence-electron chi connectivity index (χ3n) is 3.77. The fraction of sp³-hybridized carbons (Fsp3) is 0.562. The molecule has 1 aromatic rings. The van der Waals surface area contributed by atoms with Crippen LogP contribution in [0.15, 0.2) is 21.2 Å². The molecule has 1 fully saturated rings. The number of ether oxygens (including phenoxy) is 1. The molecule has 2 atom stereocenters. The minimum absolute atomic E-state index is 0.0852. The lowest BCUT2D eigenvalue weighted by atomic mass is 9.92. The summed E-state index contributed by atoms with van der Waals surface area (Å²) in [5, 5.41) is 2.38. The number of carbonyl (C=O) groups excluding carboxylic acids is 3. The van der Waals surface area contributed by atoms with E-state index in [2.05, 4.69) is 35.1 Å². The Labute approximate surface area is 148 Å². The third kappa shape index (κ3) is 5.36. The molecule has 1 saturated heterocycles. The molecule has 0 bridgehead atoms. The summed E-state index contributed by atoms with van der Waals surface area (Å²) in [5.74, 6) is -0.422. The number of likely N-dealkylation sites (tertiary alicyclic amines) is 1. The van der Waals surface area contributed by atoms with Crippen molar-refractivity contribution in [1.82, 2.24) is 10.2 Å². The second-order valence-electron chi connectivity index (χ2n) is 6.19. The van der Waals surface area contributed by atoms with Gasteiger partial charge in [-0.05, 0) is 46.3 Å². The Hall–Kier alpha value is -1.83. The predicted octanol–water partition coefficient (Wildman–Crippen LogP) is 1.82. The average molecular weight is 401 g/mol. The van der Waals surface area contributed by atoms with E-state index in [9.17, 15) is 14.4 Å². The number of nitrogens with one attached hydrogen (secondary N) is 1. The van der Waals surface area contributed by atoms with E-state index in [-0.39, 0.29) is 24.8 Å². The summed E-state index contributed by atoms with van der Waals surface area (Å²) in [6, 6.07) is 3.06. The van der Waals surface area contributed by atoms with Crippen molar-refractivity contribution in [2.75, 3.05) is 26.2 Å². The van der Waals surface area contributed by atoms with Gasteiger partial charge in [0.25, 0.3) is 11.8 Å². The molecule has 1 aromatic heterocycles. The fourth-order valence-electron chi connectivity index (χ4n) is 2.83. The van der Waals surface area contributed by atoms with Crippen molar-refractivity contribution in [2.24, 2.45) is 11.8 Å². The van der Waals surface area contributed by atoms with Crippen LogP contribution >= 0.6 is 15.9 Å². The van der Waals surface area contributed by atoms with E-state index in [1.54, 1.807) is 11.0 Å². The molecule has 0 spiro atoms. The second kappa shape index (κ2) is 8.32. The Balaban J connectivity index is 1.71. The van der Waals surface area contributed by atoms with Gasteiger partial charge in [-0.2, -0.15) is 0 Å². The molecule has 2 amide bonds. The van der Waals surface area contributed by atoms with Crippen LogP contribution in [-0.4, -0.2) is 48.9 Å². The Kier molecular flexibility index (Phi) is 6.42. The Morgan fingerprint density at radius 2 is 1.96 bits per heavy atom. The smallest absolute Gasteiger partial charge is 0.325 e. The van der Waals surface area contributed by atoms with Gasteiger partial charge < -0.3 is 19.4 Å². The van der Waals surface area contributed by atoms with Crippen molar-refractivity contribution >= 4 is 33.7 Å². The van der Waals surface area contributed by atoms with Crippen LogP contribution in [-0.2, 0) is 14.3 Å². The lowest BCUT2D eigenvalue weighted by molar-refractivity contribution is -0.152. The number of hydrogen-bond donors (Lipinski definition) is 1. The standard InChI is InChI=1S/C16H21BrN2O5/c1-10-5-11(2)8-19(7-10)14(20)9-23-15(21)6-18-16(22)12-3-4-13(17)24-12/h3-4,10-11H,5-9H2,1-2H3,(H,18,22)/t10-,11-/m0/s1. The lowest BCUT2D eigenvalue weighted by Gasteiger charge is -2.34. The van der Waals surface area contributed by atoms with Gasteiger partial charge in [0, 0.05) is 13.1 Å². The number of rotatable bonds is 5. The quantitative estimate of drug-likeness (QED) is 0.761. The van der Waals surface area contributed by atoms with E-state index in [0.717, 1.165) is 6.42 Å². The Morgan fingerprint density at radius 3 is 2.54 bits per heavy atom. The molecule has 0 aliphatic carbocycles. The molecule has 2 rings (SSSR count). The van der Waals surface area contributed by atoms with Gasteiger partial charge in [0.05, 0.1) is 0 Å². The summed E-state index contributed by atoms with van der Waals surface area (Å²) in [4.78, 5) is 37.2. The molecule has 1 N–H and O–H groups in total. The zero-order chi connectivity index (χ0) is 17.7. The van der Waals surface area contributed by atoms with Crippen molar-refractivity contribution in [1.29, 1.82) is 0 Å². The number of hydrogen-bond acceptors (Lipinski definition) is 5. The van der Waals surface area contributed by atoms with Gasteiger partial charge >= 0.3 is 5.97 Å². The normalized spacial score (nSPS) is 20.5. The first-order valence-electron chi connectivity index (χ1n) is 7.82. The van der Waals surface area contributed by atoms with Crippen LogP contribution in [0.3, 0.4) is 0 Å². The fourth-order valence-corrected chi connectivity index (χ4v) is 3.13. The maximum atomic E-state index is 12.1. The van der Waals surface area contributed by atoms with Crippen LogP contribution in [0.4, 0.5) is 0 Å². The van der Waals surface area contributed by atoms with Gasteiger partial charge in [0.15, 0.2) is 17.0 Å². The molecule has 0 radical (unpaired) electrons. The monoisotopic (exact) mass is 400 g/mol. The van der Waals surface area contributed by atoms with Crippen LogP contribution in [0.5, 0.6) is 0 Å². The van der Waals surface area contributed by atoms with Gasteiger partial charge in [0.2, 0.25) is 0 Å². The first-order chi connectivity index (χ1) is 11.3. The van der Waals surface area contributed by atoms with Gasteiger partial charge in [-0.3, -0.25) is 14.4 Å². The predicted molar refractivity (Wildman–Crippen MR) is 89.2 cm³/mol. The van der Waals surface area contributed by atoms with Crippen molar-refractivity contribution in [3.05, 3.63) is 22.6 Å². The van der Waals surface area contributed by atoms with Crippen LogP contribution in [0.1, 0.15) is 30.8 Å². The summed E-state index contributed by atoms with van der Waals surface area (Å²) < 4.78 is 10.4. The summed E-state index contributed by atoms with van der Waals surface area (Å²) in [6.45, 7) is 4.95. The highest BCUT2D eigenvalue weighted by Gasteiger charge is 2.26. The number of furan rings is 1. The van der Waals surface area contributed by atoms with Crippen molar-refractivity contribution in [3.63, 3.8) is 0 Å². The first kappa shape index (κ1) is 18.5. The van der Waals surface area contributed by atoms with E-state index in [4.69, 9.17) is 9.15 Å². The molecule has 0 unspecified atom stereocenters. The Bertz CT molecular complexity index is 605. The largest absolute Gasteiger partial charge is 0.454 e. The molecule has 8 heteroatoms. The number of amides is 2. The van der Waals surface area contributed by atoms with Gasteiger partial charge in [-0.1, -0.05) is 13.8 Å². The molecular formula is C16H21BrN2O5. The van der Waals surface area contributed by atoms with Crippen LogP contribution in [0.2, 0.25) is 0 Å². The van der Waals surface area contributed by atoms with E-state index >= 15 is 0 Å². The topological polar surface area (TPSA) is 88.9 Å². The highest BCUT2D eigenvalue weighted by Crippen LogP contribution is 2.20. The third-order valence-corrected chi connectivity index (χ3v) is 4.19. The maximum Gasteiger partial charge on any atom is 0.325 e. The molecule has 24 heavy (non-hydrogen) atoms. The highest BCUT2D eigenvalue weighted by atomic mass is 79.9. The number of piperidine rings is 1. The first-order valence-corrected chi connectivity index (χ1v) is 8.61. The average Bonchev–Trinajstić information content (AvgIpc) is 2.95. The van der Waals surface area contributed by atoms with Gasteiger partial charge in [0.1, 0.15) is 6.54 Å². The lowest BCUT2D eigenvalue weighted by Crippen LogP contribution is -2.44. The van der Waals surface area contributed by atoms with E-state index in [1.165, 1.54) is 6.07 Å².